The minimum Gasteiger partial charge on any atom is -0.464 e. The Morgan fingerprint density at radius 2 is 1.82 bits per heavy atom. The van der Waals surface area contributed by atoms with Crippen molar-refractivity contribution in [2.45, 2.75) is 160 Å². The number of allylic oxidation sites excluding steroid dienone is 1. The zero-order chi connectivity index (χ0) is 44.1. The predicted molar refractivity (Wildman–Crippen MR) is 238 cm³/mol. The first kappa shape index (κ1) is 45.8. The van der Waals surface area contributed by atoms with Crippen LogP contribution in [0.3, 0.4) is 0 Å². The fraction of sp³-hybridized carbons (Fsp3) is 0.617. The molecular weight excluding hydrogens is 793 g/mol. The van der Waals surface area contributed by atoms with Crippen LogP contribution in [0.15, 0.2) is 48.9 Å². The SMILES string of the molecule is C=CCCCCCC(NC(=O)OC(C)(C)C)C(=O)N1CC(Oc2nc3c(-c4nc(C5CCCCC5)cs4)cccc3n2C(C)C)C(C)C1C(=O)NC1(C(=O)OCC)CC1C=C. The third-order valence-electron chi connectivity index (χ3n) is 12.3. The minimum absolute atomic E-state index is 0.0315. The summed E-state index contributed by atoms with van der Waals surface area (Å²) in [6, 6.07) is 4.38. The van der Waals surface area contributed by atoms with Crippen LogP contribution >= 0.6 is 11.3 Å². The van der Waals surface area contributed by atoms with E-state index in [1.54, 1.807) is 45.1 Å². The van der Waals surface area contributed by atoms with Gasteiger partial charge in [0.2, 0.25) is 11.8 Å². The number of ether oxygens (including phenoxy) is 3. The summed E-state index contributed by atoms with van der Waals surface area (Å²) >= 11 is 1.64. The summed E-state index contributed by atoms with van der Waals surface area (Å²) in [5, 5.41) is 8.92. The van der Waals surface area contributed by atoms with Crippen molar-refractivity contribution in [1.29, 1.82) is 0 Å². The average Bonchev–Trinajstić information content (AvgIpc) is 3.48. The highest BCUT2D eigenvalue weighted by Gasteiger charge is 2.62. The number of aromatic nitrogens is 3. The number of likely N-dealkylation sites (tertiary alicyclic amines) is 1. The van der Waals surface area contributed by atoms with E-state index in [-0.39, 0.29) is 25.1 Å². The molecule has 2 aliphatic carbocycles. The minimum atomic E-state index is -1.28. The molecule has 2 aromatic heterocycles. The zero-order valence-electron chi connectivity index (χ0n) is 37.2. The molecule has 3 heterocycles. The molecule has 1 aromatic carbocycles. The summed E-state index contributed by atoms with van der Waals surface area (Å²) < 4.78 is 19.9. The zero-order valence-corrected chi connectivity index (χ0v) is 38.0. The second kappa shape index (κ2) is 19.5. The number of hydrogen-bond donors (Lipinski definition) is 2. The van der Waals surface area contributed by atoms with E-state index in [0.717, 1.165) is 59.4 Å². The molecule has 6 unspecified atom stereocenters. The fourth-order valence-corrected chi connectivity index (χ4v) is 9.90. The Hall–Kier alpha value is -4.72. The van der Waals surface area contributed by atoms with Crippen LogP contribution in [-0.4, -0.2) is 85.8 Å². The summed E-state index contributed by atoms with van der Waals surface area (Å²) in [7, 11) is 0. The number of benzene rings is 1. The number of carbonyl (C=O) groups is 4. The predicted octanol–water partition coefficient (Wildman–Crippen LogP) is 9.04. The highest BCUT2D eigenvalue weighted by atomic mass is 32.1. The van der Waals surface area contributed by atoms with Gasteiger partial charge < -0.3 is 29.7 Å². The molecule has 332 valence electrons. The largest absolute Gasteiger partial charge is 0.464 e. The van der Waals surface area contributed by atoms with Crippen molar-refractivity contribution in [2.75, 3.05) is 13.2 Å². The number of unbranched alkanes of at least 4 members (excludes halogenated alkanes) is 3. The number of imidazole rings is 1. The molecule has 0 spiro atoms. The van der Waals surface area contributed by atoms with Crippen molar-refractivity contribution < 1.29 is 33.4 Å². The molecule has 3 aromatic rings. The number of alkyl carbamates (subject to hydrolysis) is 1. The standard InChI is InChI=1S/C47H66N6O7S/c1-10-13-14-15-19-24-34(49-45(57)60-46(7,8)9)42(55)52-27-37(30(6)39(52)40(54)51-47(26-32(47)11-2)43(56)58-12-3)59-44-50-38-33(23-20-25-36(38)53(44)29(4)5)41-48-35(28-61-41)31-21-17-16-18-22-31/h10-11,20,23,25,28-32,34,37,39H,1-2,12-19,21-22,24,26-27H2,3-9H3,(H,49,57)(H,51,54). The number of esters is 1. The molecule has 61 heavy (non-hydrogen) atoms. The number of nitrogens with zero attached hydrogens (tertiary/aromatic N) is 4. The van der Waals surface area contributed by atoms with Crippen molar-refractivity contribution >= 4 is 46.2 Å². The van der Waals surface area contributed by atoms with Gasteiger partial charge in [0, 0.05) is 34.7 Å². The summed E-state index contributed by atoms with van der Waals surface area (Å²) in [6.45, 7) is 20.9. The van der Waals surface area contributed by atoms with E-state index in [9.17, 15) is 19.2 Å². The van der Waals surface area contributed by atoms with Crippen molar-refractivity contribution in [3.05, 3.63) is 54.6 Å². The van der Waals surface area contributed by atoms with Crippen LogP contribution in [0.25, 0.3) is 21.6 Å². The maximum atomic E-state index is 14.9. The lowest BCUT2D eigenvalue weighted by molar-refractivity contribution is -0.150. The van der Waals surface area contributed by atoms with Gasteiger partial charge in [0.05, 0.1) is 24.4 Å². The number of carbonyl (C=O) groups excluding carboxylic acids is 4. The second-order valence-corrected chi connectivity index (χ2v) is 19.1. The molecule has 6 rings (SSSR count). The first-order valence-electron chi connectivity index (χ1n) is 22.3. The van der Waals surface area contributed by atoms with Crippen LogP contribution in [-0.2, 0) is 23.9 Å². The van der Waals surface area contributed by atoms with Gasteiger partial charge in [-0.15, -0.1) is 24.5 Å². The van der Waals surface area contributed by atoms with E-state index in [1.807, 2.05) is 29.7 Å². The van der Waals surface area contributed by atoms with Crippen LogP contribution in [0.2, 0.25) is 0 Å². The molecule has 3 fully saturated rings. The fourth-order valence-electron chi connectivity index (χ4n) is 8.97. The summed E-state index contributed by atoms with van der Waals surface area (Å²) in [5.74, 6) is -1.89. The highest BCUT2D eigenvalue weighted by Crippen LogP contribution is 2.46. The van der Waals surface area contributed by atoms with Gasteiger partial charge in [-0.2, -0.15) is 4.98 Å². The third kappa shape index (κ3) is 10.3. The number of nitrogens with one attached hydrogen (secondary N) is 2. The quantitative estimate of drug-likeness (QED) is 0.0725. The average molecular weight is 859 g/mol. The van der Waals surface area contributed by atoms with E-state index < -0.39 is 59.1 Å². The summed E-state index contributed by atoms with van der Waals surface area (Å²) in [5.41, 5.74) is 1.66. The summed E-state index contributed by atoms with van der Waals surface area (Å²) in [4.78, 5) is 67.8. The van der Waals surface area contributed by atoms with E-state index >= 15 is 0 Å². The monoisotopic (exact) mass is 858 g/mol. The van der Waals surface area contributed by atoms with Crippen molar-refractivity contribution in [3.8, 4) is 16.6 Å². The topological polar surface area (TPSA) is 154 Å². The van der Waals surface area contributed by atoms with Crippen LogP contribution in [0.5, 0.6) is 6.01 Å². The van der Waals surface area contributed by atoms with Crippen molar-refractivity contribution in [3.63, 3.8) is 0 Å². The maximum absolute atomic E-state index is 14.9. The smallest absolute Gasteiger partial charge is 0.408 e. The lowest BCUT2D eigenvalue weighted by Gasteiger charge is -2.31. The number of hydrogen-bond acceptors (Lipinski definition) is 10. The lowest BCUT2D eigenvalue weighted by Crippen LogP contribution is -2.57. The number of para-hydroxylation sites is 1. The molecule has 0 bridgehead atoms. The Kier molecular flexibility index (Phi) is 14.7. The van der Waals surface area contributed by atoms with Crippen LogP contribution in [0.4, 0.5) is 4.79 Å². The first-order valence-corrected chi connectivity index (χ1v) is 23.2. The van der Waals surface area contributed by atoms with E-state index in [0.29, 0.717) is 31.2 Å². The van der Waals surface area contributed by atoms with Gasteiger partial charge in [-0.05, 0) is 92.2 Å². The Bertz CT molecular complexity index is 2060. The Morgan fingerprint density at radius 1 is 1.07 bits per heavy atom. The normalized spacial score (nSPS) is 23.4. The molecular formula is C47H66N6O7S. The Morgan fingerprint density at radius 3 is 2.48 bits per heavy atom. The van der Waals surface area contributed by atoms with Gasteiger partial charge in [0.1, 0.15) is 39.9 Å². The van der Waals surface area contributed by atoms with Gasteiger partial charge in [-0.25, -0.2) is 14.6 Å². The number of thiazole rings is 1. The molecule has 0 radical (unpaired) electrons. The Labute approximate surface area is 365 Å². The van der Waals surface area contributed by atoms with Crippen molar-refractivity contribution in [2.24, 2.45) is 11.8 Å². The molecule has 14 heteroatoms. The molecule has 6 atom stereocenters. The maximum Gasteiger partial charge on any atom is 0.408 e. The summed E-state index contributed by atoms with van der Waals surface area (Å²) in [6.07, 6.45) is 12.0. The van der Waals surface area contributed by atoms with E-state index in [2.05, 4.69) is 49.1 Å². The molecule has 3 aliphatic rings. The van der Waals surface area contributed by atoms with Crippen LogP contribution in [0.1, 0.15) is 137 Å². The number of amides is 3. The lowest BCUT2D eigenvalue weighted by atomic mass is 9.87. The van der Waals surface area contributed by atoms with Crippen molar-refractivity contribution in [1.82, 2.24) is 30.1 Å². The molecule has 1 aliphatic heterocycles. The molecule has 3 amide bonds. The number of fused-ring (bicyclic) bond motifs is 1. The third-order valence-corrected chi connectivity index (χ3v) is 13.2. The van der Waals surface area contributed by atoms with Crippen LogP contribution in [0, 0.1) is 11.8 Å². The highest BCUT2D eigenvalue weighted by molar-refractivity contribution is 7.13. The van der Waals surface area contributed by atoms with Gasteiger partial charge >= 0.3 is 12.1 Å². The number of rotatable bonds is 18. The molecule has 2 saturated carbocycles. The van der Waals surface area contributed by atoms with E-state index in [1.165, 1.54) is 24.2 Å². The van der Waals surface area contributed by atoms with E-state index in [4.69, 9.17) is 24.2 Å². The first-order chi connectivity index (χ1) is 29.1. The van der Waals surface area contributed by atoms with Gasteiger partial charge in [-0.3, -0.25) is 14.2 Å². The second-order valence-electron chi connectivity index (χ2n) is 18.2. The van der Waals surface area contributed by atoms with Gasteiger partial charge in [0.15, 0.2) is 0 Å². The van der Waals surface area contributed by atoms with Gasteiger partial charge in [-0.1, -0.05) is 57.2 Å². The van der Waals surface area contributed by atoms with Gasteiger partial charge in [0.25, 0.3) is 6.01 Å². The molecule has 1 saturated heterocycles. The molecule has 2 N–H and O–H groups in total. The molecule has 13 nitrogen and oxygen atoms in total. The Balaban J connectivity index is 1.34. The van der Waals surface area contributed by atoms with Crippen LogP contribution < -0.4 is 15.4 Å².